The second-order valence-electron chi connectivity index (χ2n) is 4.06. The van der Waals surface area contributed by atoms with Crippen molar-refractivity contribution in [2.45, 2.75) is 32.2 Å². The van der Waals surface area contributed by atoms with E-state index in [1.807, 2.05) is 18.7 Å². The van der Waals surface area contributed by atoms with Gasteiger partial charge in [0, 0.05) is 18.9 Å². The lowest BCUT2D eigenvalue weighted by molar-refractivity contribution is 0.223. The van der Waals surface area contributed by atoms with Crippen LogP contribution in [0.5, 0.6) is 0 Å². The molecule has 2 rings (SSSR count). The first-order valence-electron chi connectivity index (χ1n) is 5.63. The van der Waals surface area contributed by atoms with Gasteiger partial charge in [0.2, 0.25) is 0 Å². The van der Waals surface area contributed by atoms with Gasteiger partial charge in [-0.3, -0.25) is 0 Å². The maximum Gasteiger partial charge on any atom is 0.0945 e. The lowest BCUT2D eigenvalue weighted by Gasteiger charge is -2.26. The summed E-state index contributed by atoms with van der Waals surface area (Å²) in [6, 6.07) is 0. The Bertz CT molecular complexity index is 237. The summed E-state index contributed by atoms with van der Waals surface area (Å²) in [5.74, 6) is 0. The SMILES string of the molecule is c1cn(CCCN2CCCCC2)cn1. The minimum Gasteiger partial charge on any atom is -0.337 e. The number of hydrogen-bond acceptors (Lipinski definition) is 2. The Hall–Kier alpha value is -0.830. The fraction of sp³-hybridized carbons (Fsp3) is 0.727. The highest BCUT2D eigenvalue weighted by atomic mass is 15.1. The number of hydrogen-bond donors (Lipinski definition) is 0. The van der Waals surface area contributed by atoms with E-state index in [0.29, 0.717) is 0 Å². The Morgan fingerprint density at radius 2 is 1.93 bits per heavy atom. The van der Waals surface area contributed by atoms with E-state index in [2.05, 4.69) is 14.5 Å². The number of likely N-dealkylation sites (tertiary alicyclic amines) is 1. The van der Waals surface area contributed by atoms with Gasteiger partial charge >= 0.3 is 0 Å². The predicted molar refractivity (Wildman–Crippen MR) is 57.1 cm³/mol. The summed E-state index contributed by atoms with van der Waals surface area (Å²) in [5, 5.41) is 0. The van der Waals surface area contributed by atoms with E-state index in [-0.39, 0.29) is 0 Å². The highest BCUT2D eigenvalue weighted by Gasteiger charge is 2.08. The maximum atomic E-state index is 4.04. The van der Waals surface area contributed by atoms with Gasteiger partial charge in [0.25, 0.3) is 0 Å². The molecule has 0 spiro atoms. The van der Waals surface area contributed by atoms with Crippen LogP contribution in [0.25, 0.3) is 0 Å². The second kappa shape index (κ2) is 5.15. The third-order valence-corrected chi connectivity index (χ3v) is 2.90. The van der Waals surface area contributed by atoms with Crippen LogP contribution in [0.15, 0.2) is 18.7 Å². The largest absolute Gasteiger partial charge is 0.337 e. The van der Waals surface area contributed by atoms with Crippen LogP contribution in [-0.2, 0) is 6.54 Å². The zero-order chi connectivity index (χ0) is 9.64. The number of nitrogens with zero attached hydrogens (tertiary/aromatic N) is 3. The van der Waals surface area contributed by atoms with Crippen LogP contribution < -0.4 is 0 Å². The Balaban J connectivity index is 1.62. The number of imidazole rings is 1. The van der Waals surface area contributed by atoms with Gasteiger partial charge in [-0.15, -0.1) is 0 Å². The van der Waals surface area contributed by atoms with E-state index in [1.165, 1.54) is 45.3 Å². The maximum absolute atomic E-state index is 4.04. The van der Waals surface area contributed by atoms with Crippen LogP contribution in [0.2, 0.25) is 0 Å². The van der Waals surface area contributed by atoms with Crippen molar-refractivity contribution in [2.24, 2.45) is 0 Å². The van der Waals surface area contributed by atoms with E-state index in [4.69, 9.17) is 0 Å². The smallest absolute Gasteiger partial charge is 0.0945 e. The first-order valence-corrected chi connectivity index (χ1v) is 5.63. The van der Waals surface area contributed by atoms with E-state index >= 15 is 0 Å². The van der Waals surface area contributed by atoms with Crippen LogP contribution in [0.4, 0.5) is 0 Å². The zero-order valence-electron chi connectivity index (χ0n) is 8.73. The van der Waals surface area contributed by atoms with Crippen molar-refractivity contribution < 1.29 is 0 Å². The van der Waals surface area contributed by atoms with E-state index in [1.54, 1.807) is 0 Å². The first-order chi connectivity index (χ1) is 6.95. The van der Waals surface area contributed by atoms with Crippen LogP contribution in [0, 0.1) is 0 Å². The molecule has 0 bridgehead atoms. The summed E-state index contributed by atoms with van der Waals surface area (Å²) in [4.78, 5) is 6.62. The minimum atomic E-state index is 1.11. The molecule has 1 aliphatic rings. The second-order valence-corrected chi connectivity index (χ2v) is 4.06. The molecule has 14 heavy (non-hydrogen) atoms. The lowest BCUT2D eigenvalue weighted by Crippen LogP contribution is -2.31. The molecule has 3 heteroatoms. The standard InChI is InChI=1S/C11H19N3/c1-2-6-13(7-3-1)8-4-9-14-10-5-12-11-14/h5,10-11H,1-4,6-9H2. The van der Waals surface area contributed by atoms with Crippen LogP contribution in [0.3, 0.4) is 0 Å². The molecular formula is C11H19N3. The molecule has 0 atom stereocenters. The molecule has 0 amide bonds. The van der Waals surface area contributed by atoms with E-state index in [9.17, 15) is 0 Å². The molecule has 78 valence electrons. The van der Waals surface area contributed by atoms with Crippen molar-refractivity contribution in [3.05, 3.63) is 18.7 Å². The van der Waals surface area contributed by atoms with Gasteiger partial charge in [0.15, 0.2) is 0 Å². The van der Waals surface area contributed by atoms with Crippen molar-refractivity contribution >= 4 is 0 Å². The zero-order valence-corrected chi connectivity index (χ0v) is 8.73. The van der Waals surface area contributed by atoms with E-state index < -0.39 is 0 Å². The van der Waals surface area contributed by atoms with E-state index in [0.717, 1.165) is 6.54 Å². The topological polar surface area (TPSA) is 21.1 Å². The molecule has 1 fully saturated rings. The molecule has 1 aromatic rings. The molecule has 0 radical (unpaired) electrons. The van der Waals surface area contributed by atoms with Gasteiger partial charge < -0.3 is 9.47 Å². The predicted octanol–water partition coefficient (Wildman–Crippen LogP) is 1.76. The molecule has 0 unspecified atom stereocenters. The third-order valence-electron chi connectivity index (χ3n) is 2.90. The molecule has 0 aromatic carbocycles. The molecule has 0 saturated carbocycles. The van der Waals surface area contributed by atoms with Gasteiger partial charge in [-0.2, -0.15) is 0 Å². The summed E-state index contributed by atoms with van der Waals surface area (Å²) in [5.41, 5.74) is 0. The van der Waals surface area contributed by atoms with Gasteiger partial charge in [-0.1, -0.05) is 6.42 Å². The van der Waals surface area contributed by atoms with Gasteiger partial charge in [-0.05, 0) is 38.9 Å². The van der Waals surface area contributed by atoms with Gasteiger partial charge in [0.05, 0.1) is 6.33 Å². The Kier molecular flexibility index (Phi) is 3.57. The van der Waals surface area contributed by atoms with Crippen molar-refractivity contribution in [3.63, 3.8) is 0 Å². The molecule has 0 aliphatic carbocycles. The molecule has 1 aliphatic heterocycles. The van der Waals surface area contributed by atoms with Crippen LogP contribution in [0.1, 0.15) is 25.7 Å². The van der Waals surface area contributed by atoms with Crippen molar-refractivity contribution in [1.82, 2.24) is 14.5 Å². The highest BCUT2D eigenvalue weighted by molar-refractivity contribution is 4.74. The fourth-order valence-corrected chi connectivity index (χ4v) is 2.08. The Morgan fingerprint density at radius 3 is 2.64 bits per heavy atom. The van der Waals surface area contributed by atoms with Gasteiger partial charge in [0.1, 0.15) is 0 Å². The quantitative estimate of drug-likeness (QED) is 0.726. The highest BCUT2D eigenvalue weighted by Crippen LogP contribution is 2.08. The summed E-state index contributed by atoms with van der Waals surface area (Å²) >= 11 is 0. The van der Waals surface area contributed by atoms with Crippen molar-refractivity contribution in [3.8, 4) is 0 Å². The summed E-state index contributed by atoms with van der Waals surface area (Å²) < 4.78 is 2.16. The number of rotatable bonds is 4. The normalized spacial score (nSPS) is 18.6. The molecule has 2 heterocycles. The van der Waals surface area contributed by atoms with Crippen molar-refractivity contribution in [2.75, 3.05) is 19.6 Å². The third kappa shape index (κ3) is 2.84. The van der Waals surface area contributed by atoms with Gasteiger partial charge in [-0.25, -0.2) is 4.98 Å². The van der Waals surface area contributed by atoms with Crippen LogP contribution >= 0.6 is 0 Å². The monoisotopic (exact) mass is 193 g/mol. The fourth-order valence-electron chi connectivity index (χ4n) is 2.08. The van der Waals surface area contributed by atoms with Crippen LogP contribution in [-0.4, -0.2) is 34.1 Å². The number of aryl methyl sites for hydroxylation is 1. The molecule has 1 aromatic heterocycles. The number of piperidine rings is 1. The summed E-state index contributed by atoms with van der Waals surface area (Å²) in [7, 11) is 0. The first kappa shape index (κ1) is 9.71. The Labute approximate surface area is 85.7 Å². The minimum absolute atomic E-state index is 1.11. The lowest BCUT2D eigenvalue weighted by atomic mass is 10.1. The molecule has 0 N–H and O–H groups in total. The molecular weight excluding hydrogens is 174 g/mol. The summed E-state index contributed by atoms with van der Waals surface area (Å²) in [6.07, 6.45) is 11.2. The molecule has 1 saturated heterocycles. The Morgan fingerprint density at radius 1 is 1.07 bits per heavy atom. The number of aromatic nitrogens is 2. The summed E-state index contributed by atoms with van der Waals surface area (Å²) in [6.45, 7) is 4.97. The van der Waals surface area contributed by atoms with Crippen molar-refractivity contribution in [1.29, 1.82) is 0 Å². The average molecular weight is 193 g/mol. The average Bonchev–Trinajstić information content (AvgIpc) is 2.72. The molecule has 3 nitrogen and oxygen atoms in total.